The highest BCUT2D eigenvalue weighted by Crippen LogP contribution is 2.26. The van der Waals surface area contributed by atoms with E-state index in [1.54, 1.807) is 12.4 Å². The largest absolute Gasteiger partial charge is 0.323 e. The van der Waals surface area contributed by atoms with Gasteiger partial charge >= 0.3 is 0 Å². The zero-order valence-corrected chi connectivity index (χ0v) is 12.6. The molecule has 1 aliphatic rings. The van der Waals surface area contributed by atoms with Gasteiger partial charge in [0.15, 0.2) is 0 Å². The number of benzene rings is 1. The molecule has 2 aromatic heterocycles. The predicted molar refractivity (Wildman–Crippen MR) is 87.2 cm³/mol. The summed E-state index contributed by atoms with van der Waals surface area (Å²) in [7, 11) is 0. The maximum absolute atomic E-state index is 12.3. The summed E-state index contributed by atoms with van der Waals surface area (Å²) < 4.78 is 0. The van der Waals surface area contributed by atoms with Crippen LogP contribution in [0.5, 0.6) is 0 Å². The molecule has 1 aromatic carbocycles. The van der Waals surface area contributed by atoms with Crippen LogP contribution < -0.4 is 10.6 Å². The van der Waals surface area contributed by atoms with Crippen molar-refractivity contribution in [2.24, 2.45) is 0 Å². The number of amides is 1. The summed E-state index contributed by atoms with van der Waals surface area (Å²) in [6, 6.07) is 5.88. The highest BCUT2D eigenvalue weighted by Gasteiger charge is 2.22. The Morgan fingerprint density at radius 2 is 2.17 bits per heavy atom. The summed E-state index contributed by atoms with van der Waals surface area (Å²) in [6.45, 7) is 1.92. The summed E-state index contributed by atoms with van der Waals surface area (Å²) in [5.41, 5.74) is 3.68. The minimum absolute atomic E-state index is 0.0440. The number of hydrogen-bond donors (Lipinski definition) is 4. The summed E-state index contributed by atoms with van der Waals surface area (Å²) in [5, 5.41) is 21.4. The molecule has 3 aromatic rings. The maximum Gasteiger partial charge on any atom is 0.228 e. The Labute approximate surface area is 132 Å². The van der Waals surface area contributed by atoms with Gasteiger partial charge in [0.2, 0.25) is 5.91 Å². The number of rotatable bonds is 4. The van der Waals surface area contributed by atoms with E-state index in [1.807, 2.05) is 18.2 Å². The van der Waals surface area contributed by atoms with Crippen molar-refractivity contribution >= 4 is 22.5 Å². The zero-order chi connectivity index (χ0) is 15.6. The number of carbonyl (C=O) groups excluding carboxylic acids is 1. The molecule has 0 bridgehead atoms. The van der Waals surface area contributed by atoms with Gasteiger partial charge in [-0.3, -0.25) is 15.0 Å². The molecule has 1 atom stereocenters. The molecule has 23 heavy (non-hydrogen) atoms. The number of carbonyl (C=O) groups is 1. The number of anilines is 1. The smallest absolute Gasteiger partial charge is 0.228 e. The molecule has 7 heteroatoms. The van der Waals surface area contributed by atoms with Crippen molar-refractivity contribution in [1.82, 2.24) is 25.7 Å². The number of fused-ring (bicyclic) bond motifs is 1. The summed E-state index contributed by atoms with van der Waals surface area (Å²) in [5.74, 6) is 0.339. The van der Waals surface area contributed by atoms with Crippen LogP contribution in [-0.4, -0.2) is 39.4 Å². The zero-order valence-electron chi connectivity index (χ0n) is 12.6. The second-order valence-corrected chi connectivity index (χ2v) is 5.90. The molecule has 7 nitrogen and oxygen atoms in total. The minimum Gasteiger partial charge on any atom is -0.323 e. The van der Waals surface area contributed by atoms with E-state index < -0.39 is 0 Å². The Balaban J connectivity index is 1.46. The lowest BCUT2D eigenvalue weighted by Gasteiger charge is -2.10. The first-order valence-electron chi connectivity index (χ1n) is 7.75. The molecule has 1 fully saturated rings. The molecule has 1 aliphatic heterocycles. The number of H-pyrrole nitrogens is 2. The molecule has 118 valence electrons. The van der Waals surface area contributed by atoms with Gasteiger partial charge in [0, 0.05) is 17.8 Å². The maximum atomic E-state index is 12.3. The van der Waals surface area contributed by atoms with Crippen molar-refractivity contribution in [3.05, 3.63) is 41.9 Å². The highest BCUT2D eigenvalue weighted by molar-refractivity contribution is 5.93. The first kappa shape index (κ1) is 14.0. The van der Waals surface area contributed by atoms with Gasteiger partial charge in [-0.1, -0.05) is 12.1 Å². The molecule has 4 rings (SSSR count). The quantitative estimate of drug-likeness (QED) is 0.587. The molecule has 0 saturated carbocycles. The van der Waals surface area contributed by atoms with Gasteiger partial charge in [0.25, 0.3) is 0 Å². The van der Waals surface area contributed by atoms with Gasteiger partial charge in [-0.25, -0.2) is 0 Å². The van der Waals surface area contributed by atoms with Crippen LogP contribution in [0.3, 0.4) is 0 Å². The summed E-state index contributed by atoms with van der Waals surface area (Å²) in [6.07, 6.45) is 4.83. The predicted octanol–water partition coefficient (Wildman–Crippen LogP) is 1.54. The number of aromatic nitrogens is 4. The lowest BCUT2D eigenvalue weighted by atomic mass is 10.0. The van der Waals surface area contributed by atoms with Crippen molar-refractivity contribution in [2.75, 3.05) is 18.4 Å². The Morgan fingerprint density at radius 1 is 1.26 bits per heavy atom. The standard InChI is InChI=1S/C16H18N6O/c23-15(6-10-1-2-11-8-18-21-13(11)5-10)20-14-9-19-22-16(14)12-3-4-17-7-12/h1-2,5,8-9,12,17H,3-4,6-7H2,(H,18,21)(H,19,22)(H,20,23). The first-order chi connectivity index (χ1) is 11.3. The normalized spacial score (nSPS) is 17.7. The lowest BCUT2D eigenvalue weighted by molar-refractivity contribution is -0.115. The van der Waals surface area contributed by atoms with Crippen molar-refractivity contribution < 1.29 is 4.79 Å². The van der Waals surface area contributed by atoms with Gasteiger partial charge in [-0.15, -0.1) is 0 Å². The first-order valence-corrected chi connectivity index (χ1v) is 7.75. The molecule has 3 heterocycles. The van der Waals surface area contributed by atoms with E-state index >= 15 is 0 Å². The highest BCUT2D eigenvalue weighted by atomic mass is 16.1. The van der Waals surface area contributed by atoms with Gasteiger partial charge in [-0.2, -0.15) is 10.2 Å². The number of nitrogens with zero attached hydrogens (tertiary/aromatic N) is 2. The minimum atomic E-state index is -0.0440. The van der Waals surface area contributed by atoms with E-state index in [1.165, 1.54) is 0 Å². The monoisotopic (exact) mass is 310 g/mol. The Kier molecular flexibility index (Phi) is 3.55. The molecule has 0 aliphatic carbocycles. The van der Waals surface area contributed by atoms with Crippen LogP contribution in [0.25, 0.3) is 10.9 Å². The summed E-state index contributed by atoms with van der Waals surface area (Å²) in [4.78, 5) is 12.3. The van der Waals surface area contributed by atoms with E-state index in [0.717, 1.165) is 47.4 Å². The third-order valence-electron chi connectivity index (χ3n) is 4.28. The molecule has 4 N–H and O–H groups in total. The van der Waals surface area contributed by atoms with Crippen molar-refractivity contribution in [3.8, 4) is 0 Å². The van der Waals surface area contributed by atoms with Crippen LogP contribution in [-0.2, 0) is 11.2 Å². The van der Waals surface area contributed by atoms with E-state index in [0.29, 0.717) is 12.3 Å². The summed E-state index contributed by atoms with van der Waals surface area (Å²) >= 11 is 0. The van der Waals surface area contributed by atoms with Crippen LogP contribution in [0.4, 0.5) is 5.69 Å². The Hall–Kier alpha value is -2.67. The van der Waals surface area contributed by atoms with Crippen molar-refractivity contribution in [3.63, 3.8) is 0 Å². The molecule has 1 unspecified atom stereocenters. The van der Waals surface area contributed by atoms with E-state index in [-0.39, 0.29) is 5.91 Å². The number of hydrogen-bond acceptors (Lipinski definition) is 4. The topological polar surface area (TPSA) is 98.5 Å². The van der Waals surface area contributed by atoms with Crippen LogP contribution in [0.2, 0.25) is 0 Å². The fraction of sp³-hybridized carbons (Fsp3) is 0.312. The third kappa shape index (κ3) is 2.83. The van der Waals surface area contributed by atoms with Crippen LogP contribution in [0, 0.1) is 0 Å². The van der Waals surface area contributed by atoms with E-state index in [9.17, 15) is 4.79 Å². The molecule has 1 saturated heterocycles. The van der Waals surface area contributed by atoms with E-state index in [4.69, 9.17) is 0 Å². The Morgan fingerprint density at radius 3 is 3.04 bits per heavy atom. The SMILES string of the molecule is O=C(Cc1ccc2cn[nH]c2c1)Nc1cn[nH]c1C1CCNC1. The van der Waals surface area contributed by atoms with Crippen molar-refractivity contribution in [1.29, 1.82) is 0 Å². The number of nitrogens with one attached hydrogen (secondary N) is 4. The average molecular weight is 310 g/mol. The molecular weight excluding hydrogens is 292 g/mol. The molecule has 0 radical (unpaired) electrons. The lowest BCUT2D eigenvalue weighted by Crippen LogP contribution is -2.16. The Bertz CT molecular complexity index is 830. The third-order valence-corrected chi connectivity index (χ3v) is 4.28. The molecule has 1 amide bonds. The fourth-order valence-electron chi connectivity index (χ4n) is 3.08. The second-order valence-electron chi connectivity index (χ2n) is 5.90. The van der Waals surface area contributed by atoms with Crippen LogP contribution in [0.15, 0.2) is 30.6 Å². The van der Waals surface area contributed by atoms with Gasteiger partial charge < -0.3 is 10.6 Å². The molecule has 0 spiro atoms. The van der Waals surface area contributed by atoms with Gasteiger partial charge in [0.1, 0.15) is 0 Å². The fourth-order valence-corrected chi connectivity index (χ4v) is 3.08. The van der Waals surface area contributed by atoms with Crippen LogP contribution >= 0.6 is 0 Å². The average Bonchev–Trinajstić information content (AvgIpc) is 3.27. The van der Waals surface area contributed by atoms with Crippen LogP contribution in [0.1, 0.15) is 23.6 Å². The number of aromatic amines is 2. The van der Waals surface area contributed by atoms with Gasteiger partial charge in [-0.05, 0) is 24.6 Å². The molecular formula is C16H18N6O. The van der Waals surface area contributed by atoms with E-state index in [2.05, 4.69) is 31.0 Å². The van der Waals surface area contributed by atoms with Crippen molar-refractivity contribution in [2.45, 2.75) is 18.8 Å². The second kappa shape index (κ2) is 5.85. The van der Waals surface area contributed by atoms with Gasteiger partial charge in [0.05, 0.1) is 35.7 Å².